The first-order valence-electron chi connectivity index (χ1n) is 5.87. The van der Waals surface area contributed by atoms with Crippen LogP contribution in [0.15, 0.2) is 47.1 Å². The van der Waals surface area contributed by atoms with E-state index in [1.54, 1.807) is 12.3 Å². The highest BCUT2D eigenvalue weighted by molar-refractivity contribution is 5.76. The maximum Gasteiger partial charge on any atom is 0.220 e. The fourth-order valence-electron chi connectivity index (χ4n) is 1.63. The lowest BCUT2D eigenvalue weighted by Crippen LogP contribution is -2.22. The zero-order valence-corrected chi connectivity index (χ0v) is 10.1. The molecule has 94 valence electrons. The van der Waals surface area contributed by atoms with Gasteiger partial charge in [0, 0.05) is 12.1 Å². The molecule has 4 heteroatoms. The maximum absolute atomic E-state index is 11.6. The van der Waals surface area contributed by atoms with Crippen LogP contribution >= 0.6 is 0 Å². The summed E-state index contributed by atoms with van der Waals surface area (Å²) in [6.07, 6.45) is 2.77. The number of carbonyl (C=O) groups is 1. The number of amides is 1. The standard InChI is InChI=1S/C14H16N2O2/c15-12-6-3-11(4-7-12)5-8-14(17)16-10-13-2-1-9-18-13/h1-4,6-7,9H,5,8,10,15H2,(H,16,17). The molecule has 0 atom stereocenters. The van der Waals surface area contributed by atoms with E-state index in [9.17, 15) is 4.79 Å². The number of nitrogens with one attached hydrogen (secondary N) is 1. The van der Waals surface area contributed by atoms with Crippen molar-refractivity contribution >= 4 is 11.6 Å². The van der Waals surface area contributed by atoms with Gasteiger partial charge in [-0.05, 0) is 36.2 Å². The van der Waals surface area contributed by atoms with Crippen LogP contribution in [0.3, 0.4) is 0 Å². The molecular weight excluding hydrogens is 228 g/mol. The lowest BCUT2D eigenvalue weighted by molar-refractivity contribution is -0.121. The zero-order valence-electron chi connectivity index (χ0n) is 10.1. The van der Waals surface area contributed by atoms with Gasteiger partial charge in [-0.3, -0.25) is 4.79 Å². The Bertz CT molecular complexity index is 489. The van der Waals surface area contributed by atoms with E-state index in [2.05, 4.69) is 5.32 Å². The van der Waals surface area contributed by atoms with Gasteiger partial charge >= 0.3 is 0 Å². The molecule has 0 bridgehead atoms. The second-order valence-corrected chi connectivity index (χ2v) is 4.10. The van der Waals surface area contributed by atoms with E-state index in [0.29, 0.717) is 19.4 Å². The first-order chi connectivity index (χ1) is 8.74. The van der Waals surface area contributed by atoms with Gasteiger partial charge in [-0.25, -0.2) is 0 Å². The summed E-state index contributed by atoms with van der Waals surface area (Å²) in [7, 11) is 0. The van der Waals surface area contributed by atoms with Gasteiger partial charge in [0.05, 0.1) is 12.8 Å². The van der Waals surface area contributed by atoms with Gasteiger partial charge < -0.3 is 15.5 Å². The molecule has 0 fully saturated rings. The molecule has 1 aromatic heterocycles. The predicted octanol–water partition coefficient (Wildman–Crippen LogP) is 2.11. The number of rotatable bonds is 5. The van der Waals surface area contributed by atoms with Crippen molar-refractivity contribution in [3.8, 4) is 0 Å². The van der Waals surface area contributed by atoms with E-state index in [0.717, 1.165) is 17.0 Å². The number of carbonyl (C=O) groups excluding carboxylic acids is 1. The maximum atomic E-state index is 11.6. The van der Waals surface area contributed by atoms with E-state index in [1.807, 2.05) is 30.3 Å². The Morgan fingerprint density at radius 1 is 1.22 bits per heavy atom. The lowest BCUT2D eigenvalue weighted by atomic mass is 10.1. The van der Waals surface area contributed by atoms with Crippen LogP contribution in [0.4, 0.5) is 5.69 Å². The minimum atomic E-state index is 0.0169. The average Bonchev–Trinajstić information content (AvgIpc) is 2.89. The van der Waals surface area contributed by atoms with Crippen LogP contribution in [0, 0.1) is 0 Å². The summed E-state index contributed by atoms with van der Waals surface area (Å²) in [4.78, 5) is 11.6. The van der Waals surface area contributed by atoms with Crippen molar-refractivity contribution in [2.45, 2.75) is 19.4 Å². The van der Waals surface area contributed by atoms with E-state index in [1.165, 1.54) is 0 Å². The third-order valence-corrected chi connectivity index (χ3v) is 2.66. The number of anilines is 1. The van der Waals surface area contributed by atoms with Crippen LogP contribution in [-0.4, -0.2) is 5.91 Å². The summed E-state index contributed by atoms with van der Waals surface area (Å²) in [5, 5.41) is 2.81. The Balaban J connectivity index is 1.73. The van der Waals surface area contributed by atoms with Gasteiger partial charge in [0.15, 0.2) is 0 Å². The molecule has 3 N–H and O–H groups in total. The first kappa shape index (κ1) is 12.2. The monoisotopic (exact) mass is 244 g/mol. The quantitative estimate of drug-likeness (QED) is 0.791. The molecule has 18 heavy (non-hydrogen) atoms. The second kappa shape index (κ2) is 5.91. The molecule has 0 spiro atoms. The van der Waals surface area contributed by atoms with Crippen molar-refractivity contribution in [1.82, 2.24) is 5.32 Å². The van der Waals surface area contributed by atoms with Crippen molar-refractivity contribution < 1.29 is 9.21 Å². The lowest BCUT2D eigenvalue weighted by Gasteiger charge is -2.04. The van der Waals surface area contributed by atoms with Crippen LogP contribution in [-0.2, 0) is 17.8 Å². The van der Waals surface area contributed by atoms with Crippen LogP contribution in [0.5, 0.6) is 0 Å². The topological polar surface area (TPSA) is 68.3 Å². The number of nitrogens with two attached hydrogens (primary N) is 1. The fraction of sp³-hybridized carbons (Fsp3) is 0.214. The van der Waals surface area contributed by atoms with E-state index in [-0.39, 0.29) is 5.91 Å². The molecule has 0 unspecified atom stereocenters. The highest BCUT2D eigenvalue weighted by Crippen LogP contribution is 2.07. The van der Waals surface area contributed by atoms with Gasteiger partial charge in [-0.1, -0.05) is 12.1 Å². The van der Waals surface area contributed by atoms with E-state index < -0.39 is 0 Å². The molecule has 0 saturated carbocycles. The Morgan fingerprint density at radius 2 is 2.00 bits per heavy atom. The van der Waals surface area contributed by atoms with Crippen molar-refractivity contribution in [3.05, 3.63) is 54.0 Å². The van der Waals surface area contributed by atoms with Gasteiger partial charge in [0.1, 0.15) is 5.76 Å². The van der Waals surface area contributed by atoms with Crippen LogP contribution in [0.25, 0.3) is 0 Å². The minimum Gasteiger partial charge on any atom is -0.467 e. The SMILES string of the molecule is Nc1ccc(CCC(=O)NCc2ccco2)cc1. The molecule has 0 aliphatic carbocycles. The molecule has 1 heterocycles. The Hall–Kier alpha value is -2.23. The molecular formula is C14H16N2O2. The number of benzene rings is 1. The molecule has 4 nitrogen and oxygen atoms in total. The molecule has 0 aliphatic heterocycles. The van der Waals surface area contributed by atoms with Crippen LogP contribution in [0.2, 0.25) is 0 Å². The molecule has 2 rings (SSSR count). The Kier molecular flexibility index (Phi) is 4.02. The highest BCUT2D eigenvalue weighted by atomic mass is 16.3. The average molecular weight is 244 g/mol. The minimum absolute atomic E-state index is 0.0169. The summed E-state index contributed by atoms with van der Waals surface area (Å²) >= 11 is 0. The third-order valence-electron chi connectivity index (χ3n) is 2.66. The van der Waals surface area contributed by atoms with Crippen LogP contribution < -0.4 is 11.1 Å². The summed E-state index contributed by atoms with van der Waals surface area (Å²) in [5.41, 5.74) is 7.44. The normalized spacial score (nSPS) is 10.2. The highest BCUT2D eigenvalue weighted by Gasteiger charge is 2.03. The van der Waals surface area contributed by atoms with E-state index in [4.69, 9.17) is 10.2 Å². The van der Waals surface area contributed by atoms with Crippen molar-refractivity contribution in [2.75, 3.05) is 5.73 Å². The summed E-state index contributed by atoms with van der Waals surface area (Å²) in [5.74, 6) is 0.777. The summed E-state index contributed by atoms with van der Waals surface area (Å²) in [6.45, 7) is 0.438. The fourth-order valence-corrected chi connectivity index (χ4v) is 1.63. The summed E-state index contributed by atoms with van der Waals surface area (Å²) < 4.78 is 5.13. The predicted molar refractivity (Wildman–Crippen MR) is 69.7 cm³/mol. The third kappa shape index (κ3) is 3.66. The number of aryl methyl sites for hydroxylation is 1. The number of furan rings is 1. The molecule has 1 amide bonds. The van der Waals surface area contributed by atoms with Crippen molar-refractivity contribution in [1.29, 1.82) is 0 Å². The molecule has 2 aromatic rings. The van der Waals surface area contributed by atoms with Crippen molar-refractivity contribution in [2.24, 2.45) is 0 Å². The largest absolute Gasteiger partial charge is 0.467 e. The molecule has 0 radical (unpaired) electrons. The van der Waals surface area contributed by atoms with Gasteiger partial charge in [-0.15, -0.1) is 0 Å². The molecule has 0 aliphatic rings. The molecule has 1 aromatic carbocycles. The van der Waals surface area contributed by atoms with Gasteiger partial charge in [-0.2, -0.15) is 0 Å². The number of nitrogen functional groups attached to an aromatic ring is 1. The van der Waals surface area contributed by atoms with Gasteiger partial charge in [0.25, 0.3) is 0 Å². The summed E-state index contributed by atoms with van der Waals surface area (Å²) in [6, 6.07) is 11.2. The first-order valence-corrected chi connectivity index (χ1v) is 5.87. The second-order valence-electron chi connectivity index (χ2n) is 4.10. The zero-order chi connectivity index (χ0) is 12.8. The smallest absolute Gasteiger partial charge is 0.220 e. The van der Waals surface area contributed by atoms with Gasteiger partial charge in [0.2, 0.25) is 5.91 Å². The number of hydrogen-bond donors (Lipinski definition) is 2. The number of hydrogen-bond acceptors (Lipinski definition) is 3. The van der Waals surface area contributed by atoms with Crippen molar-refractivity contribution in [3.63, 3.8) is 0 Å². The molecule has 0 saturated heterocycles. The van der Waals surface area contributed by atoms with E-state index >= 15 is 0 Å². The van der Waals surface area contributed by atoms with Crippen LogP contribution in [0.1, 0.15) is 17.7 Å². The Labute approximate surface area is 106 Å². The Morgan fingerprint density at radius 3 is 2.67 bits per heavy atom.